The quantitative estimate of drug-likeness (QED) is 0.500. The summed E-state index contributed by atoms with van der Waals surface area (Å²) >= 11 is 0. The lowest BCUT2D eigenvalue weighted by Crippen LogP contribution is -2.42. The van der Waals surface area contributed by atoms with E-state index in [1.807, 2.05) is 0 Å². The predicted octanol–water partition coefficient (Wildman–Crippen LogP) is 0.162. The van der Waals surface area contributed by atoms with Crippen LogP contribution in [0.2, 0.25) is 0 Å². The van der Waals surface area contributed by atoms with E-state index < -0.39 is 0 Å². The van der Waals surface area contributed by atoms with Crippen LogP contribution in [0.5, 0.6) is 0 Å². The number of amides is 2. The van der Waals surface area contributed by atoms with E-state index in [2.05, 4.69) is 17.2 Å². The van der Waals surface area contributed by atoms with E-state index in [0.29, 0.717) is 12.1 Å². The maximum Gasteiger partial charge on any atom is 0.246 e. The van der Waals surface area contributed by atoms with Crippen LogP contribution in [0.1, 0.15) is 27.2 Å². The van der Waals surface area contributed by atoms with Crippen molar-refractivity contribution in [1.82, 2.24) is 10.6 Å². The molecule has 0 bridgehead atoms. The predicted molar refractivity (Wildman–Crippen MR) is 60.7 cm³/mol. The summed E-state index contributed by atoms with van der Waals surface area (Å²) in [6.07, 6.45) is -0.126. The molecule has 1 unspecified atom stereocenters. The lowest BCUT2D eigenvalue weighted by atomic mass is 10.2. The average molecular weight is 226 g/mol. The zero-order valence-corrected chi connectivity index (χ0v) is 9.92. The molecule has 0 aliphatic carbocycles. The Kier molecular flexibility index (Phi) is 6.07. The Morgan fingerprint density at radius 1 is 1.25 bits per heavy atom. The molecule has 0 heterocycles. The summed E-state index contributed by atoms with van der Waals surface area (Å²) in [5, 5.41) is 5.20. The van der Waals surface area contributed by atoms with E-state index in [-0.39, 0.29) is 30.1 Å². The van der Waals surface area contributed by atoms with Gasteiger partial charge in [0.05, 0.1) is 6.42 Å². The second kappa shape index (κ2) is 6.76. The van der Waals surface area contributed by atoms with Crippen molar-refractivity contribution in [3.05, 3.63) is 12.2 Å². The van der Waals surface area contributed by atoms with Crippen LogP contribution in [0.4, 0.5) is 0 Å². The third-order valence-electron chi connectivity index (χ3n) is 1.77. The highest BCUT2D eigenvalue weighted by Gasteiger charge is 2.10. The number of carbonyl (C=O) groups is 3. The van der Waals surface area contributed by atoms with Gasteiger partial charge in [0.15, 0.2) is 0 Å². The molecular formula is C11H18N2O3. The van der Waals surface area contributed by atoms with Gasteiger partial charge in [-0.05, 0) is 20.8 Å². The molecule has 2 N–H and O–H groups in total. The molecule has 0 fully saturated rings. The molecule has 0 aliphatic rings. The van der Waals surface area contributed by atoms with Gasteiger partial charge in [0.2, 0.25) is 11.8 Å². The van der Waals surface area contributed by atoms with Crippen LogP contribution in [0.3, 0.4) is 0 Å². The first-order valence-corrected chi connectivity index (χ1v) is 5.05. The standard InChI is InChI=1S/C11H18N2O3/c1-7(2)11(16)12-6-8(3)13-10(15)5-9(4)14/h8H,1,5-6H2,2-4H3,(H,12,16)(H,13,15). The molecule has 0 aliphatic heterocycles. The number of Topliss-reactive ketones (excluding diaryl/α,β-unsaturated/α-hetero) is 1. The van der Waals surface area contributed by atoms with Gasteiger partial charge in [-0.2, -0.15) is 0 Å². The molecule has 0 saturated heterocycles. The molecule has 0 spiro atoms. The molecule has 0 saturated carbocycles. The molecule has 90 valence electrons. The first-order valence-electron chi connectivity index (χ1n) is 5.05. The number of rotatable bonds is 6. The summed E-state index contributed by atoms with van der Waals surface area (Å²) in [7, 11) is 0. The van der Waals surface area contributed by atoms with Crippen LogP contribution in [-0.2, 0) is 14.4 Å². The fraction of sp³-hybridized carbons (Fsp3) is 0.545. The molecular weight excluding hydrogens is 208 g/mol. The maximum absolute atomic E-state index is 11.2. The SMILES string of the molecule is C=C(C)C(=O)NCC(C)NC(=O)CC(C)=O. The summed E-state index contributed by atoms with van der Waals surface area (Å²) < 4.78 is 0. The number of carbonyl (C=O) groups excluding carboxylic acids is 3. The summed E-state index contributed by atoms with van der Waals surface area (Å²) in [6.45, 7) is 8.51. The van der Waals surface area contributed by atoms with Gasteiger partial charge in [0, 0.05) is 18.2 Å². The molecule has 5 nitrogen and oxygen atoms in total. The highest BCUT2D eigenvalue weighted by Crippen LogP contribution is 1.88. The van der Waals surface area contributed by atoms with E-state index in [9.17, 15) is 14.4 Å². The highest BCUT2D eigenvalue weighted by molar-refractivity contribution is 5.97. The van der Waals surface area contributed by atoms with Crippen molar-refractivity contribution in [3.63, 3.8) is 0 Å². The minimum Gasteiger partial charge on any atom is -0.351 e. The minimum atomic E-state index is -0.329. The van der Waals surface area contributed by atoms with Gasteiger partial charge in [0.1, 0.15) is 5.78 Å². The molecule has 1 atom stereocenters. The Bertz CT molecular complexity index is 310. The molecule has 16 heavy (non-hydrogen) atoms. The Hall–Kier alpha value is -1.65. The summed E-state index contributed by atoms with van der Waals surface area (Å²) in [5.41, 5.74) is 0.419. The van der Waals surface area contributed by atoms with Crippen LogP contribution < -0.4 is 10.6 Å². The largest absolute Gasteiger partial charge is 0.351 e. The number of hydrogen-bond donors (Lipinski definition) is 2. The first kappa shape index (κ1) is 14.3. The van der Waals surface area contributed by atoms with Crippen LogP contribution in [0, 0.1) is 0 Å². The summed E-state index contributed by atoms with van der Waals surface area (Å²) in [4.78, 5) is 33.0. The normalized spacial score (nSPS) is 11.4. The van der Waals surface area contributed by atoms with Crippen LogP contribution in [0.25, 0.3) is 0 Å². The van der Waals surface area contributed by atoms with E-state index in [1.54, 1.807) is 13.8 Å². The molecule has 2 amide bonds. The number of ketones is 1. The molecule has 0 aromatic heterocycles. The molecule has 0 aromatic carbocycles. The Morgan fingerprint density at radius 2 is 1.81 bits per heavy atom. The smallest absolute Gasteiger partial charge is 0.246 e. The molecule has 0 radical (unpaired) electrons. The second-order valence-electron chi connectivity index (χ2n) is 3.84. The van der Waals surface area contributed by atoms with Crippen molar-refractivity contribution in [3.8, 4) is 0 Å². The fourth-order valence-electron chi connectivity index (χ4n) is 1.000. The monoisotopic (exact) mass is 226 g/mol. The minimum absolute atomic E-state index is 0.126. The number of hydrogen-bond acceptors (Lipinski definition) is 3. The Morgan fingerprint density at radius 3 is 2.25 bits per heavy atom. The fourth-order valence-corrected chi connectivity index (χ4v) is 1.000. The summed E-state index contributed by atoms with van der Waals surface area (Å²) in [6, 6.07) is -0.213. The highest BCUT2D eigenvalue weighted by atomic mass is 16.2. The van der Waals surface area contributed by atoms with Gasteiger partial charge >= 0.3 is 0 Å². The van der Waals surface area contributed by atoms with Crippen molar-refractivity contribution in [2.24, 2.45) is 0 Å². The third kappa shape index (κ3) is 6.75. The number of nitrogens with one attached hydrogen (secondary N) is 2. The van der Waals surface area contributed by atoms with Gasteiger partial charge in [-0.15, -0.1) is 0 Å². The van der Waals surface area contributed by atoms with Gasteiger partial charge in [-0.3, -0.25) is 14.4 Å². The van der Waals surface area contributed by atoms with Crippen molar-refractivity contribution >= 4 is 17.6 Å². The molecule has 0 rings (SSSR count). The van der Waals surface area contributed by atoms with E-state index in [0.717, 1.165) is 0 Å². The Balaban J connectivity index is 3.86. The molecule has 0 aromatic rings. The van der Waals surface area contributed by atoms with Gasteiger partial charge in [-0.25, -0.2) is 0 Å². The van der Waals surface area contributed by atoms with Crippen molar-refractivity contribution < 1.29 is 14.4 Å². The third-order valence-corrected chi connectivity index (χ3v) is 1.77. The van der Waals surface area contributed by atoms with Crippen molar-refractivity contribution in [2.45, 2.75) is 33.2 Å². The van der Waals surface area contributed by atoms with E-state index in [4.69, 9.17) is 0 Å². The van der Waals surface area contributed by atoms with E-state index >= 15 is 0 Å². The zero-order chi connectivity index (χ0) is 12.7. The lowest BCUT2D eigenvalue weighted by Gasteiger charge is -2.14. The molecule has 5 heteroatoms. The van der Waals surface area contributed by atoms with Gasteiger partial charge < -0.3 is 10.6 Å². The van der Waals surface area contributed by atoms with Gasteiger partial charge in [0.25, 0.3) is 0 Å². The summed E-state index contributed by atoms with van der Waals surface area (Å²) in [5.74, 6) is -0.757. The van der Waals surface area contributed by atoms with Crippen LogP contribution in [-0.4, -0.2) is 30.2 Å². The van der Waals surface area contributed by atoms with Crippen molar-refractivity contribution in [1.29, 1.82) is 0 Å². The second-order valence-corrected chi connectivity index (χ2v) is 3.84. The van der Waals surface area contributed by atoms with Crippen LogP contribution >= 0.6 is 0 Å². The topological polar surface area (TPSA) is 75.3 Å². The lowest BCUT2D eigenvalue weighted by molar-refractivity contribution is -0.128. The van der Waals surface area contributed by atoms with E-state index in [1.165, 1.54) is 6.92 Å². The average Bonchev–Trinajstić information content (AvgIpc) is 2.12. The Labute approximate surface area is 95.3 Å². The van der Waals surface area contributed by atoms with Gasteiger partial charge in [-0.1, -0.05) is 6.58 Å². The first-order chi connectivity index (χ1) is 7.32. The van der Waals surface area contributed by atoms with Crippen LogP contribution in [0.15, 0.2) is 12.2 Å². The zero-order valence-electron chi connectivity index (χ0n) is 9.92. The maximum atomic E-state index is 11.2. The van der Waals surface area contributed by atoms with Crippen molar-refractivity contribution in [2.75, 3.05) is 6.54 Å².